The molecule has 0 aliphatic rings. The summed E-state index contributed by atoms with van der Waals surface area (Å²) < 4.78 is 35.0. The van der Waals surface area contributed by atoms with Crippen LogP contribution in [0.1, 0.15) is 5.69 Å². The molecular weight excluding hydrogens is 288 g/mol. The summed E-state index contributed by atoms with van der Waals surface area (Å²) in [4.78, 5) is 0. The third kappa shape index (κ3) is 2.43. The Balaban J connectivity index is 2.18. The van der Waals surface area contributed by atoms with Crippen LogP contribution in [-0.4, -0.2) is 22.1 Å². The number of nitrogens with zero attached hydrogens (tertiary/aromatic N) is 3. The highest BCUT2D eigenvalue weighted by Crippen LogP contribution is 2.34. The Morgan fingerprint density at radius 2 is 1.82 bits per heavy atom. The normalized spacial score (nSPS) is 10.7. The molecule has 6 heteroatoms. The van der Waals surface area contributed by atoms with Crippen molar-refractivity contribution in [3.05, 3.63) is 59.9 Å². The molecule has 0 atom stereocenters. The Hall–Kier alpha value is -2.76. The van der Waals surface area contributed by atoms with E-state index in [4.69, 9.17) is 4.74 Å². The lowest BCUT2D eigenvalue weighted by atomic mass is 10.0. The molecule has 1 aromatic heterocycles. The molecule has 0 saturated heterocycles. The van der Waals surface area contributed by atoms with Gasteiger partial charge in [0.2, 0.25) is 0 Å². The molecule has 112 valence electrons. The van der Waals surface area contributed by atoms with E-state index in [1.807, 2.05) is 0 Å². The fraction of sp³-hybridized carbons (Fsp3) is 0.125. The highest BCUT2D eigenvalue weighted by Gasteiger charge is 2.16. The maximum absolute atomic E-state index is 14.4. The van der Waals surface area contributed by atoms with E-state index in [-0.39, 0.29) is 11.3 Å². The van der Waals surface area contributed by atoms with Crippen LogP contribution in [0.25, 0.3) is 16.8 Å². The molecule has 3 rings (SSSR count). The summed E-state index contributed by atoms with van der Waals surface area (Å²) in [6.07, 6.45) is 1.60. The van der Waals surface area contributed by atoms with Crippen LogP contribution >= 0.6 is 0 Å². The summed E-state index contributed by atoms with van der Waals surface area (Å²) >= 11 is 0. The smallest absolute Gasteiger partial charge is 0.149 e. The minimum Gasteiger partial charge on any atom is -0.496 e. The van der Waals surface area contributed by atoms with Crippen LogP contribution in [0.4, 0.5) is 8.78 Å². The third-order valence-electron chi connectivity index (χ3n) is 3.29. The largest absolute Gasteiger partial charge is 0.496 e. The molecule has 22 heavy (non-hydrogen) atoms. The molecule has 0 N–H and O–H groups in total. The lowest BCUT2D eigenvalue weighted by Crippen LogP contribution is -2.01. The summed E-state index contributed by atoms with van der Waals surface area (Å²) in [6, 6.07) is 8.88. The first kappa shape index (κ1) is 14.2. The first-order valence-electron chi connectivity index (χ1n) is 6.62. The van der Waals surface area contributed by atoms with Crippen molar-refractivity contribution in [3.8, 4) is 22.6 Å². The first-order valence-corrected chi connectivity index (χ1v) is 6.62. The Labute approximate surface area is 126 Å². The molecule has 0 amide bonds. The SMILES string of the molecule is COc1cc(-n2cc(C)nn2)c(F)cc1-c1ccccc1F. The van der Waals surface area contributed by atoms with Gasteiger partial charge in [0.1, 0.15) is 23.1 Å². The molecule has 0 radical (unpaired) electrons. The highest BCUT2D eigenvalue weighted by atomic mass is 19.1. The first-order chi connectivity index (χ1) is 10.6. The van der Waals surface area contributed by atoms with Crippen LogP contribution in [0.15, 0.2) is 42.6 Å². The molecule has 0 spiro atoms. The summed E-state index contributed by atoms with van der Waals surface area (Å²) in [5.74, 6) is -0.622. The quantitative estimate of drug-likeness (QED) is 0.743. The zero-order valence-corrected chi connectivity index (χ0v) is 12.0. The van der Waals surface area contributed by atoms with Crippen molar-refractivity contribution >= 4 is 0 Å². The van der Waals surface area contributed by atoms with Crippen molar-refractivity contribution in [2.24, 2.45) is 0 Å². The number of halogens is 2. The maximum atomic E-state index is 14.4. The maximum Gasteiger partial charge on any atom is 0.149 e. The fourth-order valence-corrected chi connectivity index (χ4v) is 2.24. The minimum atomic E-state index is -0.538. The fourth-order valence-electron chi connectivity index (χ4n) is 2.24. The van der Waals surface area contributed by atoms with Gasteiger partial charge in [-0.15, -0.1) is 5.10 Å². The molecule has 0 aliphatic heterocycles. The second-order valence-electron chi connectivity index (χ2n) is 4.79. The number of aromatic nitrogens is 3. The predicted molar refractivity (Wildman–Crippen MR) is 78.0 cm³/mol. The van der Waals surface area contributed by atoms with Crippen LogP contribution in [0.3, 0.4) is 0 Å². The minimum absolute atomic E-state index is 0.192. The van der Waals surface area contributed by atoms with Gasteiger partial charge in [0, 0.05) is 17.2 Å². The monoisotopic (exact) mass is 301 g/mol. The molecule has 4 nitrogen and oxygen atoms in total. The Morgan fingerprint density at radius 1 is 1.05 bits per heavy atom. The molecule has 0 unspecified atom stereocenters. The van der Waals surface area contributed by atoms with Gasteiger partial charge in [-0.3, -0.25) is 0 Å². The number of rotatable bonds is 3. The lowest BCUT2D eigenvalue weighted by molar-refractivity contribution is 0.414. The third-order valence-corrected chi connectivity index (χ3v) is 3.29. The summed E-state index contributed by atoms with van der Waals surface area (Å²) in [5, 5.41) is 7.67. The molecule has 0 fully saturated rings. The summed E-state index contributed by atoms with van der Waals surface area (Å²) in [7, 11) is 1.45. The molecule has 0 aliphatic carbocycles. The number of methoxy groups -OCH3 is 1. The lowest BCUT2D eigenvalue weighted by Gasteiger charge is -2.12. The van der Waals surface area contributed by atoms with Crippen molar-refractivity contribution in [3.63, 3.8) is 0 Å². The van der Waals surface area contributed by atoms with E-state index >= 15 is 0 Å². The zero-order valence-electron chi connectivity index (χ0n) is 12.0. The summed E-state index contributed by atoms with van der Waals surface area (Å²) in [6.45, 7) is 1.76. The molecule has 0 saturated carbocycles. The predicted octanol–water partition coefficient (Wildman–Crippen LogP) is 3.53. The van der Waals surface area contributed by atoms with E-state index in [0.29, 0.717) is 17.0 Å². The zero-order chi connectivity index (χ0) is 15.7. The number of ether oxygens (including phenoxy) is 1. The van der Waals surface area contributed by atoms with Crippen molar-refractivity contribution in [2.75, 3.05) is 7.11 Å². The number of hydrogen-bond acceptors (Lipinski definition) is 3. The van der Waals surface area contributed by atoms with Gasteiger partial charge < -0.3 is 4.74 Å². The number of hydrogen-bond donors (Lipinski definition) is 0. The average molecular weight is 301 g/mol. The van der Waals surface area contributed by atoms with Gasteiger partial charge in [0.25, 0.3) is 0 Å². The van der Waals surface area contributed by atoms with Gasteiger partial charge in [-0.2, -0.15) is 0 Å². The van der Waals surface area contributed by atoms with E-state index in [9.17, 15) is 8.78 Å². The number of aryl methyl sites for hydroxylation is 1. The molecule has 3 aromatic rings. The molecule has 1 heterocycles. The van der Waals surface area contributed by atoms with Crippen molar-refractivity contribution in [1.29, 1.82) is 0 Å². The van der Waals surface area contributed by atoms with Crippen molar-refractivity contribution in [1.82, 2.24) is 15.0 Å². The van der Waals surface area contributed by atoms with Crippen molar-refractivity contribution < 1.29 is 13.5 Å². The van der Waals surface area contributed by atoms with E-state index in [1.165, 1.54) is 30.0 Å². The Kier molecular flexibility index (Phi) is 3.58. The van der Waals surface area contributed by atoms with E-state index in [2.05, 4.69) is 10.3 Å². The van der Waals surface area contributed by atoms with Gasteiger partial charge in [-0.05, 0) is 19.1 Å². The standard InChI is InChI=1S/C16H13F2N3O/c1-10-9-21(20-19-10)15-8-16(22-2)12(7-14(15)18)11-5-3-4-6-13(11)17/h3-9H,1-2H3. The van der Waals surface area contributed by atoms with Crippen LogP contribution < -0.4 is 4.74 Å². The van der Waals surface area contributed by atoms with Gasteiger partial charge in [-0.1, -0.05) is 23.4 Å². The average Bonchev–Trinajstić information content (AvgIpc) is 2.94. The van der Waals surface area contributed by atoms with E-state index in [0.717, 1.165) is 0 Å². The van der Waals surface area contributed by atoms with E-state index in [1.54, 1.807) is 31.3 Å². The Bertz CT molecular complexity index is 830. The van der Waals surface area contributed by atoms with Gasteiger partial charge in [-0.25, -0.2) is 13.5 Å². The summed E-state index contributed by atoms with van der Waals surface area (Å²) in [5.41, 5.74) is 1.48. The van der Waals surface area contributed by atoms with Gasteiger partial charge in [0.15, 0.2) is 0 Å². The van der Waals surface area contributed by atoms with Gasteiger partial charge in [0.05, 0.1) is 19.0 Å². The highest BCUT2D eigenvalue weighted by molar-refractivity contribution is 5.72. The topological polar surface area (TPSA) is 39.9 Å². The molecule has 0 bridgehead atoms. The van der Waals surface area contributed by atoms with Gasteiger partial charge >= 0.3 is 0 Å². The van der Waals surface area contributed by atoms with Crippen molar-refractivity contribution in [2.45, 2.75) is 6.92 Å². The second kappa shape index (κ2) is 5.55. The van der Waals surface area contributed by atoms with E-state index < -0.39 is 11.6 Å². The molecular formula is C16H13F2N3O. The number of benzene rings is 2. The van der Waals surface area contributed by atoms with Crippen LogP contribution in [-0.2, 0) is 0 Å². The van der Waals surface area contributed by atoms with Crippen LogP contribution in [0.2, 0.25) is 0 Å². The molecule has 2 aromatic carbocycles. The second-order valence-corrected chi connectivity index (χ2v) is 4.79. The van der Waals surface area contributed by atoms with Crippen LogP contribution in [0, 0.1) is 18.6 Å². The Morgan fingerprint density at radius 3 is 2.45 bits per heavy atom. The van der Waals surface area contributed by atoms with Crippen LogP contribution in [0.5, 0.6) is 5.75 Å².